The van der Waals surface area contributed by atoms with Crippen molar-refractivity contribution in [1.29, 1.82) is 0 Å². The van der Waals surface area contributed by atoms with Gasteiger partial charge in [-0.25, -0.2) is 0 Å². The van der Waals surface area contributed by atoms with Crippen molar-refractivity contribution in [2.45, 2.75) is 12.8 Å². The number of rotatable bonds is 4. The Hall–Kier alpha value is -2.70. The van der Waals surface area contributed by atoms with Crippen LogP contribution in [0.25, 0.3) is 0 Å². The largest absolute Gasteiger partial charge is 0.370 e. The van der Waals surface area contributed by atoms with Crippen molar-refractivity contribution in [3.63, 3.8) is 0 Å². The van der Waals surface area contributed by atoms with E-state index in [4.69, 9.17) is 11.5 Å². The number of amides is 3. The van der Waals surface area contributed by atoms with Crippen LogP contribution in [-0.2, 0) is 4.79 Å². The first kappa shape index (κ1) is 13.7. The lowest BCUT2D eigenvalue weighted by atomic mass is 10.1. The Bertz CT molecular complexity index is 570. The van der Waals surface area contributed by atoms with E-state index in [0.29, 0.717) is 17.5 Å². The number of carbonyl (C=O) groups excluding carboxylic acids is 3. The molecule has 0 saturated heterocycles. The number of benzene rings is 1. The summed E-state index contributed by atoms with van der Waals surface area (Å²) in [5.41, 5.74) is 10.9. The summed E-state index contributed by atoms with van der Waals surface area (Å²) in [5.74, 6) is -1.43. The number of guanidine groups is 1. The SMILES string of the molecule is NC(N)=NC(=O)CCCN1C(=O)c2ccccc2C1=O. The minimum Gasteiger partial charge on any atom is -0.370 e. The Morgan fingerprint density at radius 1 is 1.10 bits per heavy atom. The van der Waals surface area contributed by atoms with Crippen molar-refractivity contribution in [1.82, 2.24) is 4.90 Å². The molecule has 7 nitrogen and oxygen atoms in total. The first-order chi connectivity index (χ1) is 9.50. The molecule has 0 saturated carbocycles. The fourth-order valence-corrected chi connectivity index (χ4v) is 2.03. The zero-order chi connectivity index (χ0) is 14.7. The summed E-state index contributed by atoms with van der Waals surface area (Å²) in [7, 11) is 0. The number of fused-ring (bicyclic) bond motifs is 1. The molecule has 0 fully saturated rings. The summed E-state index contributed by atoms with van der Waals surface area (Å²) in [5, 5.41) is 0. The lowest BCUT2D eigenvalue weighted by Gasteiger charge is -2.12. The van der Waals surface area contributed by atoms with Gasteiger partial charge in [0.25, 0.3) is 11.8 Å². The van der Waals surface area contributed by atoms with Gasteiger partial charge in [-0.15, -0.1) is 0 Å². The molecule has 2 rings (SSSR count). The van der Waals surface area contributed by atoms with Crippen molar-refractivity contribution >= 4 is 23.7 Å². The number of hydrogen-bond donors (Lipinski definition) is 2. The zero-order valence-electron chi connectivity index (χ0n) is 10.7. The Labute approximate surface area is 115 Å². The van der Waals surface area contributed by atoms with Gasteiger partial charge in [0.05, 0.1) is 11.1 Å². The summed E-state index contributed by atoms with van der Waals surface area (Å²) >= 11 is 0. The van der Waals surface area contributed by atoms with Gasteiger partial charge in [0.2, 0.25) is 5.91 Å². The van der Waals surface area contributed by atoms with Crippen molar-refractivity contribution in [3.05, 3.63) is 35.4 Å². The van der Waals surface area contributed by atoms with E-state index in [-0.39, 0.29) is 30.7 Å². The van der Waals surface area contributed by atoms with Gasteiger partial charge in [-0.3, -0.25) is 19.3 Å². The molecule has 0 spiro atoms. The summed E-state index contributed by atoms with van der Waals surface area (Å²) in [6.45, 7) is 0.165. The Morgan fingerprint density at radius 3 is 2.15 bits per heavy atom. The number of imide groups is 1. The second kappa shape index (κ2) is 5.52. The second-order valence-electron chi connectivity index (χ2n) is 4.34. The Kier molecular flexibility index (Phi) is 3.79. The molecule has 0 unspecified atom stereocenters. The molecular weight excluding hydrogens is 260 g/mol. The quantitative estimate of drug-likeness (QED) is 0.450. The molecule has 104 valence electrons. The van der Waals surface area contributed by atoms with E-state index in [1.54, 1.807) is 24.3 Å². The topological polar surface area (TPSA) is 119 Å². The minimum atomic E-state index is -0.471. The highest BCUT2D eigenvalue weighted by Crippen LogP contribution is 2.22. The molecule has 4 N–H and O–H groups in total. The van der Waals surface area contributed by atoms with E-state index >= 15 is 0 Å². The molecule has 3 amide bonds. The van der Waals surface area contributed by atoms with Crippen LogP contribution in [0.3, 0.4) is 0 Å². The number of nitrogens with zero attached hydrogens (tertiary/aromatic N) is 2. The van der Waals surface area contributed by atoms with Crippen LogP contribution in [0.2, 0.25) is 0 Å². The molecule has 0 bridgehead atoms. The van der Waals surface area contributed by atoms with Crippen molar-refractivity contribution < 1.29 is 14.4 Å². The van der Waals surface area contributed by atoms with E-state index in [1.807, 2.05) is 0 Å². The van der Waals surface area contributed by atoms with Gasteiger partial charge in [-0.2, -0.15) is 4.99 Å². The van der Waals surface area contributed by atoms with Crippen LogP contribution in [0.1, 0.15) is 33.6 Å². The van der Waals surface area contributed by atoms with Crippen LogP contribution >= 0.6 is 0 Å². The first-order valence-corrected chi connectivity index (χ1v) is 6.08. The molecule has 1 aromatic carbocycles. The lowest BCUT2D eigenvalue weighted by Crippen LogP contribution is -2.31. The summed E-state index contributed by atoms with van der Waals surface area (Å²) < 4.78 is 0. The molecule has 1 aromatic rings. The monoisotopic (exact) mass is 274 g/mol. The molecule has 0 atom stereocenters. The van der Waals surface area contributed by atoms with Gasteiger partial charge in [0.1, 0.15) is 0 Å². The summed E-state index contributed by atoms with van der Waals surface area (Å²) in [6.07, 6.45) is 0.395. The molecule has 0 radical (unpaired) electrons. The number of nitrogens with two attached hydrogens (primary N) is 2. The Morgan fingerprint density at radius 2 is 1.65 bits per heavy atom. The average molecular weight is 274 g/mol. The third-order valence-electron chi connectivity index (χ3n) is 2.90. The highest BCUT2D eigenvalue weighted by Gasteiger charge is 2.34. The third-order valence-corrected chi connectivity index (χ3v) is 2.90. The molecule has 20 heavy (non-hydrogen) atoms. The zero-order valence-corrected chi connectivity index (χ0v) is 10.7. The highest BCUT2D eigenvalue weighted by molar-refractivity contribution is 6.21. The predicted octanol–water partition coefficient (Wildman–Crippen LogP) is -0.137. The van der Waals surface area contributed by atoms with Gasteiger partial charge in [-0.05, 0) is 18.6 Å². The molecular formula is C13H14N4O3. The lowest BCUT2D eigenvalue weighted by molar-refractivity contribution is -0.117. The average Bonchev–Trinajstić information content (AvgIpc) is 2.63. The highest BCUT2D eigenvalue weighted by atomic mass is 16.2. The summed E-state index contributed by atoms with van der Waals surface area (Å²) in [6, 6.07) is 6.63. The van der Waals surface area contributed by atoms with E-state index in [2.05, 4.69) is 4.99 Å². The van der Waals surface area contributed by atoms with Crippen LogP contribution in [0, 0.1) is 0 Å². The number of hydrogen-bond acceptors (Lipinski definition) is 3. The normalized spacial score (nSPS) is 13.3. The minimum absolute atomic E-state index is 0.0747. The maximum Gasteiger partial charge on any atom is 0.261 e. The smallest absolute Gasteiger partial charge is 0.261 e. The maximum absolute atomic E-state index is 12.0. The molecule has 7 heteroatoms. The van der Waals surface area contributed by atoms with Crippen molar-refractivity contribution in [2.24, 2.45) is 16.5 Å². The van der Waals surface area contributed by atoms with Crippen molar-refractivity contribution in [3.8, 4) is 0 Å². The van der Waals surface area contributed by atoms with E-state index in [1.165, 1.54) is 0 Å². The van der Waals surface area contributed by atoms with Gasteiger partial charge < -0.3 is 11.5 Å². The predicted molar refractivity (Wildman–Crippen MR) is 71.9 cm³/mol. The van der Waals surface area contributed by atoms with Gasteiger partial charge in [0, 0.05) is 13.0 Å². The molecule has 1 aliphatic heterocycles. The van der Waals surface area contributed by atoms with Crippen LogP contribution in [0.4, 0.5) is 0 Å². The van der Waals surface area contributed by atoms with E-state index in [9.17, 15) is 14.4 Å². The van der Waals surface area contributed by atoms with Crippen LogP contribution in [-0.4, -0.2) is 35.1 Å². The van der Waals surface area contributed by atoms with Crippen molar-refractivity contribution in [2.75, 3.05) is 6.54 Å². The Balaban J connectivity index is 1.96. The standard InChI is InChI=1S/C13H14N4O3/c14-13(15)16-10(18)6-3-7-17-11(19)8-4-1-2-5-9(8)12(17)20/h1-2,4-5H,3,6-7H2,(H4,14,15,16,18). The molecule has 1 heterocycles. The maximum atomic E-state index is 12.0. The fourth-order valence-electron chi connectivity index (χ4n) is 2.03. The molecule has 1 aliphatic rings. The van der Waals surface area contributed by atoms with Crippen LogP contribution in [0.5, 0.6) is 0 Å². The number of aliphatic imine (C=N–C) groups is 1. The van der Waals surface area contributed by atoms with Gasteiger partial charge >= 0.3 is 0 Å². The van der Waals surface area contributed by atoms with Crippen LogP contribution in [0.15, 0.2) is 29.3 Å². The van der Waals surface area contributed by atoms with Gasteiger partial charge in [-0.1, -0.05) is 12.1 Å². The van der Waals surface area contributed by atoms with E-state index < -0.39 is 5.91 Å². The third kappa shape index (κ3) is 2.66. The molecule has 0 aliphatic carbocycles. The van der Waals surface area contributed by atoms with E-state index in [0.717, 1.165) is 4.90 Å². The fraction of sp³-hybridized carbons (Fsp3) is 0.231. The number of carbonyl (C=O) groups is 3. The van der Waals surface area contributed by atoms with Gasteiger partial charge in [0.15, 0.2) is 5.96 Å². The first-order valence-electron chi connectivity index (χ1n) is 6.08. The van der Waals surface area contributed by atoms with Crippen LogP contribution < -0.4 is 11.5 Å². The molecule has 0 aromatic heterocycles. The second-order valence-corrected chi connectivity index (χ2v) is 4.34. The summed E-state index contributed by atoms with van der Waals surface area (Å²) in [4.78, 5) is 39.8.